The quantitative estimate of drug-likeness (QED) is 0.869. The van der Waals surface area contributed by atoms with Gasteiger partial charge in [-0.05, 0) is 48.7 Å². The fourth-order valence-corrected chi connectivity index (χ4v) is 3.33. The molecule has 6 nitrogen and oxygen atoms in total. The van der Waals surface area contributed by atoms with E-state index in [0.29, 0.717) is 24.1 Å². The molecular formula is C17H21N3O3S. The molecule has 0 saturated carbocycles. The Balaban J connectivity index is 2.09. The Labute approximate surface area is 142 Å². The second-order valence-electron chi connectivity index (χ2n) is 5.67. The first-order valence-electron chi connectivity index (χ1n) is 7.52. The summed E-state index contributed by atoms with van der Waals surface area (Å²) in [7, 11) is -0.584. The third-order valence-electron chi connectivity index (χ3n) is 3.62. The van der Waals surface area contributed by atoms with Gasteiger partial charge in [0.25, 0.3) is 0 Å². The topological polar surface area (TPSA) is 79.4 Å². The number of hydrogen-bond acceptors (Lipinski definition) is 4. The Bertz CT molecular complexity index is 818. The molecule has 1 amide bonds. The molecular weight excluding hydrogens is 326 g/mol. The summed E-state index contributed by atoms with van der Waals surface area (Å²) in [4.78, 5) is 16.2. The highest BCUT2D eigenvalue weighted by molar-refractivity contribution is 7.89. The number of pyridine rings is 1. The van der Waals surface area contributed by atoms with E-state index in [1.165, 1.54) is 20.2 Å². The summed E-state index contributed by atoms with van der Waals surface area (Å²) >= 11 is 0. The van der Waals surface area contributed by atoms with Gasteiger partial charge in [0.1, 0.15) is 0 Å². The maximum Gasteiger partial charge on any atom is 0.242 e. The number of amides is 1. The molecule has 0 aliphatic carbocycles. The fourth-order valence-electron chi connectivity index (χ4n) is 2.18. The number of nitrogens with zero attached hydrogens (tertiary/aromatic N) is 2. The van der Waals surface area contributed by atoms with Gasteiger partial charge >= 0.3 is 0 Å². The molecule has 1 N–H and O–H groups in total. The number of sulfonamides is 1. The van der Waals surface area contributed by atoms with Gasteiger partial charge in [-0.2, -0.15) is 0 Å². The summed E-state index contributed by atoms with van der Waals surface area (Å²) in [6.07, 6.45) is 4.29. The van der Waals surface area contributed by atoms with Crippen molar-refractivity contribution >= 4 is 21.6 Å². The summed E-state index contributed by atoms with van der Waals surface area (Å²) in [5.41, 5.74) is 2.14. The van der Waals surface area contributed by atoms with Crippen molar-refractivity contribution in [2.75, 3.05) is 19.4 Å². The van der Waals surface area contributed by atoms with Crippen molar-refractivity contribution in [2.24, 2.45) is 0 Å². The third kappa shape index (κ3) is 4.39. The van der Waals surface area contributed by atoms with Gasteiger partial charge in [0, 0.05) is 38.6 Å². The van der Waals surface area contributed by atoms with Crippen molar-refractivity contribution < 1.29 is 13.2 Å². The van der Waals surface area contributed by atoms with Gasteiger partial charge in [0.15, 0.2) is 0 Å². The minimum atomic E-state index is -3.55. The number of rotatable bonds is 6. The summed E-state index contributed by atoms with van der Waals surface area (Å²) in [6.45, 7) is 1.73. The lowest BCUT2D eigenvalue weighted by molar-refractivity contribution is -0.116. The molecule has 1 aromatic heterocycles. The molecule has 0 saturated heterocycles. The zero-order chi connectivity index (χ0) is 17.7. The summed E-state index contributed by atoms with van der Waals surface area (Å²) < 4.78 is 25.8. The van der Waals surface area contributed by atoms with E-state index in [9.17, 15) is 13.2 Å². The van der Waals surface area contributed by atoms with Gasteiger partial charge in [0.05, 0.1) is 4.90 Å². The molecule has 2 aromatic rings. The van der Waals surface area contributed by atoms with E-state index in [-0.39, 0.29) is 10.8 Å². The minimum absolute atomic E-state index is 0.163. The van der Waals surface area contributed by atoms with E-state index in [1.54, 1.807) is 31.5 Å². The predicted molar refractivity (Wildman–Crippen MR) is 93.2 cm³/mol. The van der Waals surface area contributed by atoms with Crippen LogP contribution in [0.5, 0.6) is 0 Å². The molecule has 128 valence electrons. The van der Waals surface area contributed by atoms with Gasteiger partial charge < -0.3 is 5.32 Å². The molecule has 1 aromatic carbocycles. The average molecular weight is 347 g/mol. The molecule has 24 heavy (non-hydrogen) atoms. The first-order valence-corrected chi connectivity index (χ1v) is 8.96. The largest absolute Gasteiger partial charge is 0.326 e. The van der Waals surface area contributed by atoms with Crippen LogP contribution in [-0.2, 0) is 21.2 Å². The van der Waals surface area contributed by atoms with E-state index in [0.717, 1.165) is 9.87 Å². The monoisotopic (exact) mass is 347 g/mol. The molecule has 0 spiro atoms. The Morgan fingerprint density at radius 1 is 1.17 bits per heavy atom. The van der Waals surface area contributed by atoms with Crippen LogP contribution >= 0.6 is 0 Å². The highest BCUT2D eigenvalue weighted by atomic mass is 32.2. The van der Waals surface area contributed by atoms with E-state index >= 15 is 0 Å². The molecule has 0 aliphatic heterocycles. The Morgan fingerprint density at radius 2 is 1.83 bits per heavy atom. The van der Waals surface area contributed by atoms with Gasteiger partial charge in [-0.1, -0.05) is 6.07 Å². The number of aryl methyl sites for hydroxylation is 2. The lowest BCUT2D eigenvalue weighted by atomic mass is 10.1. The number of anilines is 1. The van der Waals surface area contributed by atoms with Crippen LogP contribution in [0.25, 0.3) is 0 Å². The predicted octanol–water partition coefficient (Wildman–Crippen LogP) is 2.21. The highest BCUT2D eigenvalue weighted by Crippen LogP contribution is 2.22. The molecule has 1 heterocycles. The van der Waals surface area contributed by atoms with Crippen molar-refractivity contribution in [2.45, 2.75) is 24.7 Å². The van der Waals surface area contributed by atoms with Gasteiger partial charge in [-0.15, -0.1) is 0 Å². The zero-order valence-corrected chi connectivity index (χ0v) is 14.8. The summed E-state index contributed by atoms with van der Waals surface area (Å²) in [5.74, 6) is -0.163. The van der Waals surface area contributed by atoms with E-state index < -0.39 is 10.0 Å². The van der Waals surface area contributed by atoms with Crippen LogP contribution in [0, 0.1) is 6.92 Å². The van der Waals surface area contributed by atoms with Crippen LogP contribution in [0.1, 0.15) is 17.5 Å². The number of carbonyl (C=O) groups is 1. The van der Waals surface area contributed by atoms with Crippen molar-refractivity contribution in [3.05, 3.63) is 53.9 Å². The van der Waals surface area contributed by atoms with E-state index in [4.69, 9.17) is 0 Å². The summed E-state index contributed by atoms with van der Waals surface area (Å²) in [5, 5.41) is 2.75. The van der Waals surface area contributed by atoms with Crippen LogP contribution in [0.3, 0.4) is 0 Å². The van der Waals surface area contributed by atoms with Crippen LogP contribution in [0.2, 0.25) is 0 Å². The van der Waals surface area contributed by atoms with E-state index in [2.05, 4.69) is 10.3 Å². The number of benzene rings is 1. The SMILES string of the molecule is Cc1ccc(NC(=O)CCc2ccncc2)cc1S(=O)(=O)N(C)C. The Hall–Kier alpha value is -2.25. The first kappa shape index (κ1) is 18.1. The first-order chi connectivity index (χ1) is 11.3. The second kappa shape index (κ2) is 7.55. The van der Waals surface area contributed by atoms with Gasteiger partial charge in [0.2, 0.25) is 15.9 Å². The lowest BCUT2D eigenvalue weighted by Crippen LogP contribution is -2.23. The molecule has 0 aliphatic rings. The molecule has 0 unspecified atom stereocenters. The Morgan fingerprint density at radius 3 is 2.46 bits per heavy atom. The van der Waals surface area contributed by atoms with Crippen molar-refractivity contribution in [1.82, 2.24) is 9.29 Å². The molecule has 0 fully saturated rings. The smallest absolute Gasteiger partial charge is 0.242 e. The zero-order valence-electron chi connectivity index (χ0n) is 14.0. The maximum atomic E-state index is 12.3. The normalized spacial score (nSPS) is 11.5. The summed E-state index contributed by atoms with van der Waals surface area (Å²) in [6, 6.07) is 8.61. The standard InChI is InChI=1S/C17H21N3O3S/c1-13-4-6-15(12-16(13)24(22,23)20(2)3)19-17(21)7-5-14-8-10-18-11-9-14/h4,6,8-12H,5,7H2,1-3H3,(H,19,21). The van der Waals surface area contributed by atoms with Crippen molar-refractivity contribution in [3.8, 4) is 0 Å². The number of aromatic nitrogens is 1. The number of carbonyl (C=O) groups excluding carboxylic acids is 1. The van der Waals surface area contributed by atoms with Crippen LogP contribution in [0.4, 0.5) is 5.69 Å². The number of hydrogen-bond donors (Lipinski definition) is 1. The van der Waals surface area contributed by atoms with Crippen LogP contribution in [-0.4, -0.2) is 37.7 Å². The van der Waals surface area contributed by atoms with Gasteiger partial charge in [-0.25, -0.2) is 12.7 Å². The number of nitrogens with one attached hydrogen (secondary N) is 1. The second-order valence-corrected chi connectivity index (χ2v) is 7.79. The average Bonchev–Trinajstić information content (AvgIpc) is 2.55. The molecule has 0 radical (unpaired) electrons. The minimum Gasteiger partial charge on any atom is -0.326 e. The van der Waals surface area contributed by atoms with Crippen LogP contribution in [0.15, 0.2) is 47.6 Å². The van der Waals surface area contributed by atoms with E-state index in [1.807, 2.05) is 12.1 Å². The molecule has 0 atom stereocenters. The maximum absolute atomic E-state index is 12.3. The van der Waals surface area contributed by atoms with Crippen LogP contribution < -0.4 is 5.32 Å². The molecule has 7 heteroatoms. The molecule has 2 rings (SSSR count). The van der Waals surface area contributed by atoms with Crippen molar-refractivity contribution in [1.29, 1.82) is 0 Å². The van der Waals surface area contributed by atoms with Crippen molar-refractivity contribution in [3.63, 3.8) is 0 Å². The lowest BCUT2D eigenvalue weighted by Gasteiger charge is -2.15. The van der Waals surface area contributed by atoms with Gasteiger partial charge in [-0.3, -0.25) is 9.78 Å². The highest BCUT2D eigenvalue weighted by Gasteiger charge is 2.20. The molecule has 0 bridgehead atoms. The fraction of sp³-hybridized carbons (Fsp3) is 0.294. The Kier molecular flexibility index (Phi) is 5.69. The third-order valence-corrected chi connectivity index (χ3v) is 5.58.